The van der Waals surface area contributed by atoms with Gasteiger partial charge < -0.3 is 5.11 Å². The number of aliphatic hydroxyl groups excluding tert-OH is 1. The summed E-state index contributed by atoms with van der Waals surface area (Å²) in [5.41, 5.74) is 5.79. The highest BCUT2D eigenvalue weighted by molar-refractivity contribution is 5.40. The minimum absolute atomic E-state index is 0. The normalized spacial score (nSPS) is 17.9. The van der Waals surface area contributed by atoms with Gasteiger partial charge in [0, 0.05) is 1.43 Å². The van der Waals surface area contributed by atoms with Crippen molar-refractivity contribution in [3.63, 3.8) is 0 Å². The van der Waals surface area contributed by atoms with E-state index in [0.29, 0.717) is 5.92 Å². The number of aryl methyl sites for hydroxylation is 1. The Labute approximate surface area is 161 Å². The molecule has 1 fully saturated rings. The van der Waals surface area contributed by atoms with Crippen LogP contribution < -0.4 is 0 Å². The van der Waals surface area contributed by atoms with Gasteiger partial charge in [0.25, 0.3) is 0 Å². The molecule has 0 bridgehead atoms. The number of aliphatic hydroxyl groups is 1. The van der Waals surface area contributed by atoms with Crippen molar-refractivity contribution in [1.82, 2.24) is 0 Å². The highest BCUT2D eigenvalue weighted by atomic mass is 16.3. The van der Waals surface area contributed by atoms with Gasteiger partial charge in [-0.25, -0.2) is 0 Å². The second-order valence-corrected chi connectivity index (χ2v) is 5.93. The Balaban J connectivity index is -0.000000210. The predicted molar refractivity (Wildman–Crippen MR) is 120 cm³/mol. The van der Waals surface area contributed by atoms with Crippen molar-refractivity contribution < 1.29 is 6.53 Å². The van der Waals surface area contributed by atoms with E-state index in [2.05, 4.69) is 46.8 Å². The predicted octanol–water partition coefficient (Wildman–Crippen LogP) is 8.37. The third-order valence-electron chi connectivity index (χ3n) is 4.24. The van der Waals surface area contributed by atoms with Crippen LogP contribution >= 0.6 is 0 Å². The van der Waals surface area contributed by atoms with Crippen molar-refractivity contribution in [2.45, 2.75) is 120 Å². The second-order valence-electron chi connectivity index (χ2n) is 5.93. The van der Waals surface area contributed by atoms with Crippen LogP contribution in [0.1, 0.15) is 117 Å². The SMILES string of the molecule is CC.CC.CC.CCC.Cc1ccc(C2CCC(O)CC2)c(C)c1C.[HH]. The molecular formula is C24H50O. The molecule has 1 aliphatic rings. The molecule has 25 heavy (non-hydrogen) atoms. The Morgan fingerprint density at radius 2 is 1.20 bits per heavy atom. The van der Waals surface area contributed by atoms with E-state index in [9.17, 15) is 5.11 Å². The quantitative estimate of drug-likeness (QED) is 0.537. The third-order valence-corrected chi connectivity index (χ3v) is 4.24. The van der Waals surface area contributed by atoms with Crippen LogP contribution in [0.25, 0.3) is 0 Å². The van der Waals surface area contributed by atoms with Gasteiger partial charge in [0.15, 0.2) is 0 Å². The largest absolute Gasteiger partial charge is 0.393 e. The molecule has 1 heteroatoms. The Hall–Kier alpha value is -0.820. The summed E-state index contributed by atoms with van der Waals surface area (Å²) in [5.74, 6) is 0.669. The van der Waals surface area contributed by atoms with Gasteiger partial charge in [0.1, 0.15) is 0 Å². The first-order valence-electron chi connectivity index (χ1n) is 10.8. The van der Waals surface area contributed by atoms with Crippen molar-refractivity contribution in [3.8, 4) is 0 Å². The zero-order chi connectivity index (χ0) is 20.4. The van der Waals surface area contributed by atoms with Crippen LogP contribution in [0, 0.1) is 20.8 Å². The van der Waals surface area contributed by atoms with Crippen LogP contribution in [0.4, 0.5) is 0 Å². The van der Waals surface area contributed by atoms with Crippen LogP contribution in [0.3, 0.4) is 0 Å². The zero-order valence-electron chi connectivity index (χ0n) is 19.3. The van der Waals surface area contributed by atoms with Crippen LogP contribution in [0.2, 0.25) is 0 Å². The van der Waals surface area contributed by atoms with Crippen LogP contribution in [0.5, 0.6) is 0 Å². The maximum absolute atomic E-state index is 9.54. The van der Waals surface area contributed by atoms with E-state index in [-0.39, 0.29) is 7.53 Å². The van der Waals surface area contributed by atoms with Gasteiger partial charge in [0.2, 0.25) is 0 Å². The Bertz CT molecular complexity index is 393. The lowest BCUT2D eigenvalue weighted by molar-refractivity contribution is 0.122. The average Bonchev–Trinajstić information content (AvgIpc) is 2.67. The lowest BCUT2D eigenvalue weighted by Gasteiger charge is -2.27. The van der Waals surface area contributed by atoms with Gasteiger partial charge in [-0.2, -0.15) is 0 Å². The van der Waals surface area contributed by atoms with Crippen molar-refractivity contribution >= 4 is 0 Å². The first-order chi connectivity index (χ1) is 12.0. The average molecular weight is 355 g/mol. The van der Waals surface area contributed by atoms with E-state index >= 15 is 0 Å². The Kier molecular flexibility index (Phi) is 22.6. The zero-order valence-corrected chi connectivity index (χ0v) is 19.3. The summed E-state index contributed by atoms with van der Waals surface area (Å²) < 4.78 is 0. The van der Waals surface area contributed by atoms with E-state index in [1.807, 2.05) is 41.5 Å². The lowest BCUT2D eigenvalue weighted by atomic mass is 9.80. The van der Waals surface area contributed by atoms with Gasteiger partial charge in [-0.1, -0.05) is 73.9 Å². The van der Waals surface area contributed by atoms with Crippen LogP contribution in [-0.2, 0) is 0 Å². The molecule has 1 nitrogen and oxygen atoms in total. The molecule has 0 aromatic heterocycles. The van der Waals surface area contributed by atoms with Gasteiger partial charge in [-0.15, -0.1) is 0 Å². The molecule has 0 atom stereocenters. The molecule has 0 spiro atoms. The van der Waals surface area contributed by atoms with Gasteiger partial charge in [-0.3, -0.25) is 0 Å². The summed E-state index contributed by atoms with van der Waals surface area (Å²) in [6.07, 6.45) is 5.42. The third kappa shape index (κ3) is 11.4. The van der Waals surface area contributed by atoms with Gasteiger partial charge >= 0.3 is 0 Å². The summed E-state index contributed by atoms with van der Waals surface area (Å²) >= 11 is 0. The molecule has 0 amide bonds. The Morgan fingerprint density at radius 3 is 1.60 bits per heavy atom. The first kappa shape index (κ1) is 29.0. The Morgan fingerprint density at radius 1 is 0.800 bits per heavy atom. The standard InChI is InChI=1S/C15H22O.C3H8.3C2H6.H2/c1-10-4-9-15(12(3)11(10)2)13-5-7-14(16)8-6-13;1-3-2;3*1-2;/h4,9,13-14,16H,5-8H2,1-3H3;3H2,1-2H3;3*1-2H3;1H. The fraction of sp³-hybridized carbons (Fsp3) is 0.750. The molecule has 1 aliphatic carbocycles. The van der Waals surface area contributed by atoms with E-state index in [1.165, 1.54) is 28.7 Å². The molecule has 0 unspecified atom stereocenters. The highest BCUT2D eigenvalue weighted by Crippen LogP contribution is 2.35. The molecule has 0 aliphatic heterocycles. The molecule has 1 saturated carbocycles. The minimum Gasteiger partial charge on any atom is -0.393 e. The smallest absolute Gasteiger partial charge is 0.0540 e. The van der Waals surface area contributed by atoms with Gasteiger partial charge in [0.05, 0.1) is 6.10 Å². The molecule has 2 rings (SSSR count). The molecule has 0 saturated heterocycles. The summed E-state index contributed by atoms with van der Waals surface area (Å²) in [6.45, 7) is 22.9. The van der Waals surface area contributed by atoms with E-state index < -0.39 is 0 Å². The van der Waals surface area contributed by atoms with Gasteiger partial charge in [-0.05, 0) is 74.6 Å². The van der Waals surface area contributed by atoms with Crippen molar-refractivity contribution in [2.75, 3.05) is 0 Å². The van der Waals surface area contributed by atoms with E-state index in [4.69, 9.17) is 0 Å². The first-order valence-corrected chi connectivity index (χ1v) is 10.8. The van der Waals surface area contributed by atoms with Crippen molar-refractivity contribution in [1.29, 1.82) is 0 Å². The number of benzene rings is 1. The molecule has 0 heterocycles. The molecule has 152 valence electrons. The van der Waals surface area contributed by atoms with Crippen LogP contribution in [0.15, 0.2) is 12.1 Å². The molecule has 1 N–H and O–H groups in total. The van der Waals surface area contributed by atoms with E-state index in [1.54, 1.807) is 0 Å². The van der Waals surface area contributed by atoms with Crippen molar-refractivity contribution in [2.24, 2.45) is 0 Å². The van der Waals surface area contributed by atoms with Crippen molar-refractivity contribution in [3.05, 3.63) is 34.4 Å². The fourth-order valence-electron chi connectivity index (χ4n) is 2.81. The second kappa shape index (κ2) is 19.5. The fourth-order valence-corrected chi connectivity index (χ4v) is 2.81. The number of rotatable bonds is 1. The lowest BCUT2D eigenvalue weighted by Crippen LogP contribution is -2.17. The summed E-state index contributed by atoms with van der Waals surface area (Å²) in [7, 11) is 0. The monoisotopic (exact) mass is 354 g/mol. The maximum Gasteiger partial charge on any atom is 0.0540 e. The number of hydrogen-bond donors (Lipinski definition) is 1. The molecule has 1 aromatic rings. The minimum atomic E-state index is -0.0527. The maximum atomic E-state index is 9.54. The summed E-state index contributed by atoms with van der Waals surface area (Å²) in [4.78, 5) is 0. The molecular weight excluding hydrogens is 304 g/mol. The summed E-state index contributed by atoms with van der Waals surface area (Å²) in [6, 6.07) is 4.53. The topological polar surface area (TPSA) is 20.2 Å². The number of hydrogen-bond acceptors (Lipinski definition) is 1. The summed E-state index contributed by atoms with van der Waals surface area (Å²) in [5, 5.41) is 9.54. The highest BCUT2D eigenvalue weighted by Gasteiger charge is 2.22. The molecule has 0 radical (unpaired) electrons. The van der Waals surface area contributed by atoms with Crippen LogP contribution in [-0.4, -0.2) is 11.2 Å². The molecule has 1 aromatic carbocycles. The van der Waals surface area contributed by atoms with E-state index in [0.717, 1.165) is 25.7 Å².